The van der Waals surface area contributed by atoms with Crippen LogP contribution in [0, 0.1) is 0 Å². The van der Waals surface area contributed by atoms with Crippen LogP contribution >= 0.6 is 12.2 Å². The van der Waals surface area contributed by atoms with E-state index in [4.69, 9.17) is 12.2 Å². The number of amides is 1. The number of hydrogen-bond donors (Lipinski definition) is 1. The predicted molar refractivity (Wildman–Crippen MR) is 38.0 cm³/mol. The van der Waals surface area contributed by atoms with E-state index >= 15 is 0 Å². The van der Waals surface area contributed by atoms with Crippen molar-refractivity contribution in [1.29, 1.82) is 0 Å². The lowest BCUT2D eigenvalue weighted by molar-refractivity contribution is -0.125. The first-order valence-corrected chi connectivity index (χ1v) is 3.12. The van der Waals surface area contributed by atoms with Crippen LogP contribution in [0.4, 0.5) is 0 Å². The molecule has 1 amide bonds. The lowest BCUT2D eigenvalue weighted by Gasteiger charge is -2.03. The van der Waals surface area contributed by atoms with Crippen LogP contribution in [-0.4, -0.2) is 29.0 Å². The van der Waals surface area contributed by atoms with Crippen molar-refractivity contribution in [1.82, 2.24) is 10.2 Å². The molecule has 1 saturated heterocycles. The van der Waals surface area contributed by atoms with Crippen molar-refractivity contribution in [3.05, 3.63) is 0 Å². The summed E-state index contributed by atoms with van der Waals surface area (Å²) in [6, 6.07) is -0.137. The Bertz CT molecular complexity index is 168. The van der Waals surface area contributed by atoms with Crippen LogP contribution < -0.4 is 5.32 Å². The summed E-state index contributed by atoms with van der Waals surface area (Å²) in [5, 5.41) is 3.34. The SMILES string of the molecule is C[C@H]1NC(=S)N(C)C1=O. The van der Waals surface area contributed by atoms with Gasteiger partial charge in [0.25, 0.3) is 5.91 Å². The molecule has 1 aliphatic rings. The number of likely N-dealkylation sites (N-methyl/N-ethyl adjacent to an activating group) is 1. The normalized spacial score (nSPS) is 26.9. The molecule has 1 aliphatic heterocycles. The lowest BCUT2D eigenvalue weighted by atomic mass is 10.3. The zero-order valence-electron chi connectivity index (χ0n) is 5.34. The van der Waals surface area contributed by atoms with Crippen molar-refractivity contribution in [3.8, 4) is 0 Å². The van der Waals surface area contributed by atoms with Gasteiger partial charge in [-0.1, -0.05) is 0 Å². The first-order chi connectivity index (χ1) is 4.13. The van der Waals surface area contributed by atoms with E-state index in [1.54, 1.807) is 14.0 Å². The molecule has 0 aliphatic carbocycles. The molecule has 0 radical (unpaired) electrons. The van der Waals surface area contributed by atoms with Crippen LogP contribution in [0.3, 0.4) is 0 Å². The summed E-state index contributed by atoms with van der Waals surface area (Å²) in [5.41, 5.74) is 0. The third-order valence-corrected chi connectivity index (χ3v) is 1.74. The average molecular weight is 144 g/mol. The Kier molecular flexibility index (Phi) is 1.40. The number of nitrogens with zero attached hydrogens (tertiary/aromatic N) is 1. The number of hydrogen-bond acceptors (Lipinski definition) is 2. The number of carbonyl (C=O) groups is 1. The van der Waals surface area contributed by atoms with Gasteiger partial charge in [0.05, 0.1) is 0 Å². The zero-order chi connectivity index (χ0) is 7.02. The molecule has 1 fully saturated rings. The van der Waals surface area contributed by atoms with E-state index in [2.05, 4.69) is 5.32 Å². The fraction of sp³-hybridized carbons (Fsp3) is 0.600. The van der Waals surface area contributed by atoms with Gasteiger partial charge in [0.2, 0.25) is 0 Å². The highest BCUT2D eigenvalue weighted by molar-refractivity contribution is 7.80. The summed E-state index contributed by atoms with van der Waals surface area (Å²) in [6.07, 6.45) is 0. The average Bonchev–Trinajstić information content (AvgIpc) is 1.98. The van der Waals surface area contributed by atoms with E-state index in [0.717, 1.165) is 0 Å². The summed E-state index contributed by atoms with van der Waals surface area (Å²) >= 11 is 4.79. The summed E-state index contributed by atoms with van der Waals surface area (Å²) < 4.78 is 0. The van der Waals surface area contributed by atoms with Gasteiger partial charge in [-0.25, -0.2) is 0 Å². The van der Waals surface area contributed by atoms with E-state index in [9.17, 15) is 4.79 Å². The monoisotopic (exact) mass is 144 g/mol. The topological polar surface area (TPSA) is 32.3 Å². The smallest absolute Gasteiger partial charge is 0.250 e. The van der Waals surface area contributed by atoms with E-state index in [1.165, 1.54) is 4.90 Å². The molecular formula is C5H8N2OS. The second-order valence-electron chi connectivity index (χ2n) is 2.07. The molecule has 0 spiro atoms. The van der Waals surface area contributed by atoms with Gasteiger partial charge < -0.3 is 5.32 Å². The Labute approximate surface area is 59.0 Å². The quantitative estimate of drug-likeness (QED) is 0.475. The summed E-state index contributed by atoms with van der Waals surface area (Å²) in [4.78, 5) is 12.3. The van der Waals surface area contributed by atoms with Crippen LogP contribution in [0.1, 0.15) is 6.92 Å². The molecule has 1 N–H and O–H groups in total. The van der Waals surface area contributed by atoms with Crippen molar-refractivity contribution in [2.75, 3.05) is 7.05 Å². The minimum absolute atomic E-state index is 0.0417. The Balaban J connectivity index is 2.77. The molecule has 1 heterocycles. The fourth-order valence-corrected chi connectivity index (χ4v) is 1.00. The third-order valence-electron chi connectivity index (χ3n) is 1.35. The Morgan fingerprint density at radius 2 is 2.33 bits per heavy atom. The summed E-state index contributed by atoms with van der Waals surface area (Å²) in [6.45, 7) is 1.79. The molecule has 4 heteroatoms. The first kappa shape index (κ1) is 6.48. The Hall–Kier alpha value is -0.640. The van der Waals surface area contributed by atoms with Gasteiger partial charge in [-0.15, -0.1) is 0 Å². The van der Waals surface area contributed by atoms with E-state index in [1.807, 2.05) is 0 Å². The molecule has 0 aromatic carbocycles. The number of nitrogens with one attached hydrogen (secondary N) is 1. The molecule has 50 valence electrons. The van der Waals surface area contributed by atoms with Gasteiger partial charge in [-0.2, -0.15) is 0 Å². The van der Waals surface area contributed by atoms with Gasteiger partial charge >= 0.3 is 0 Å². The molecule has 0 aromatic rings. The molecular weight excluding hydrogens is 136 g/mol. The summed E-state index contributed by atoms with van der Waals surface area (Å²) in [5.74, 6) is 0.0417. The molecule has 1 atom stereocenters. The number of carbonyl (C=O) groups excluding carboxylic acids is 1. The van der Waals surface area contributed by atoms with Crippen molar-refractivity contribution in [3.63, 3.8) is 0 Å². The predicted octanol–water partition coefficient (Wildman–Crippen LogP) is -0.279. The molecule has 0 saturated carbocycles. The largest absolute Gasteiger partial charge is 0.351 e. The van der Waals surface area contributed by atoms with Crippen molar-refractivity contribution < 1.29 is 4.79 Å². The maximum absolute atomic E-state index is 10.9. The standard InChI is InChI=1S/C5H8N2OS/c1-3-4(8)7(2)5(9)6-3/h3H,1-2H3,(H,6,9)/t3-/m1/s1. The van der Waals surface area contributed by atoms with E-state index in [0.29, 0.717) is 5.11 Å². The minimum atomic E-state index is -0.137. The van der Waals surface area contributed by atoms with Crippen molar-refractivity contribution in [2.45, 2.75) is 13.0 Å². The number of rotatable bonds is 0. The minimum Gasteiger partial charge on any atom is -0.351 e. The maximum Gasteiger partial charge on any atom is 0.250 e. The third kappa shape index (κ3) is 0.896. The van der Waals surface area contributed by atoms with Crippen LogP contribution in [0.2, 0.25) is 0 Å². The van der Waals surface area contributed by atoms with Crippen molar-refractivity contribution in [2.24, 2.45) is 0 Å². The first-order valence-electron chi connectivity index (χ1n) is 2.71. The maximum atomic E-state index is 10.9. The van der Waals surface area contributed by atoms with Crippen LogP contribution in [-0.2, 0) is 4.79 Å². The number of thiocarbonyl (C=S) groups is 1. The van der Waals surface area contributed by atoms with Gasteiger partial charge in [0.1, 0.15) is 6.04 Å². The van der Waals surface area contributed by atoms with Crippen LogP contribution in [0.15, 0.2) is 0 Å². The second-order valence-corrected chi connectivity index (χ2v) is 2.46. The van der Waals surface area contributed by atoms with Gasteiger partial charge in [-0.05, 0) is 19.1 Å². The molecule has 9 heavy (non-hydrogen) atoms. The van der Waals surface area contributed by atoms with Gasteiger partial charge in [0.15, 0.2) is 5.11 Å². The highest BCUT2D eigenvalue weighted by Gasteiger charge is 2.28. The molecule has 0 bridgehead atoms. The summed E-state index contributed by atoms with van der Waals surface area (Å²) in [7, 11) is 1.67. The zero-order valence-corrected chi connectivity index (χ0v) is 6.16. The Morgan fingerprint density at radius 1 is 1.78 bits per heavy atom. The second kappa shape index (κ2) is 1.95. The van der Waals surface area contributed by atoms with Crippen LogP contribution in [0.5, 0.6) is 0 Å². The molecule has 0 unspecified atom stereocenters. The molecule has 1 rings (SSSR count). The fourth-order valence-electron chi connectivity index (χ4n) is 0.734. The highest BCUT2D eigenvalue weighted by atomic mass is 32.1. The van der Waals surface area contributed by atoms with E-state index < -0.39 is 0 Å². The van der Waals surface area contributed by atoms with Crippen LogP contribution in [0.25, 0.3) is 0 Å². The lowest BCUT2D eigenvalue weighted by Crippen LogP contribution is -2.25. The van der Waals surface area contributed by atoms with E-state index in [-0.39, 0.29) is 11.9 Å². The van der Waals surface area contributed by atoms with Gasteiger partial charge in [-0.3, -0.25) is 9.69 Å². The van der Waals surface area contributed by atoms with Crippen molar-refractivity contribution >= 4 is 23.2 Å². The molecule has 3 nitrogen and oxygen atoms in total. The van der Waals surface area contributed by atoms with Gasteiger partial charge in [0, 0.05) is 7.05 Å². The molecule has 0 aromatic heterocycles. The highest BCUT2D eigenvalue weighted by Crippen LogP contribution is 2.01. The Morgan fingerprint density at radius 3 is 2.44 bits per heavy atom.